The molecule has 0 spiro atoms. The zero-order chi connectivity index (χ0) is 13.1. The average Bonchev–Trinajstić information content (AvgIpc) is 2.39. The number of carboxylic acid groups (broad SMARTS) is 2. The van der Waals surface area contributed by atoms with Crippen LogP contribution in [-0.2, 0) is 0 Å². The van der Waals surface area contributed by atoms with Crippen LogP contribution in [0.1, 0.15) is 21.0 Å². The van der Waals surface area contributed by atoms with Crippen LogP contribution < -0.4 is 0 Å². The Bertz CT molecular complexity index is 535. The molecule has 6 nitrogen and oxygen atoms in total. The van der Waals surface area contributed by atoms with Crippen LogP contribution in [-0.4, -0.2) is 32.1 Å². The van der Waals surface area contributed by atoms with E-state index in [9.17, 15) is 9.59 Å². The third-order valence-electron chi connectivity index (χ3n) is 2.30. The highest BCUT2D eigenvalue weighted by molar-refractivity contribution is 5.86. The van der Waals surface area contributed by atoms with Gasteiger partial charge in [0.05, 0.1) is 0 Å². The molecule has 2 aromatic rings. The van der Waals surface area contributed by atoms with Gasteiger partial charge in [0.25, 0.3) is 0 Å². The Labute approximate surface area is 102 Å². The highest BCUT2D eigenvalue weighted by Gasteiger charge is 2.07. The smallest absolute Gasteiger partial charge is 0.354 e. The second kappa shape index (κ2) is 4.62. The molecule has 0 aliphatic rings. The Morgan fingerprint density at radius 2 is 1.17 bits per heavy atom. The standard InChI is InChI=1S/C12H8N2O4/c15-11(16)9-3-1-7(5-13-9)8-2-4-10(12(17)18)14-6-8/h1-6H,(H,15,16)(H,17,18). The number of hydrogen-bond donors (Lipinski definition) is 2. The van der Waals surface area contributed by atoms with E-state index in [-0.39, 0.29) is 11.4 Å². The van der Waals surface area contributed by atoms with Gasteiger partial charge in [0, 0.05) is 23.5 Å². The minimum absolute atomic E-state index is 0.0473. The normalized spacial score (nSPS) is 10.0. The molecule has 0 unspecified atom stereocenters. The molecule has 0 fully saturated rings. The van der Waals surface area contributed by atoms with Crippen LogP contribution in [0.4, 0.5) is 0 Å². The van der Waals surface area contributed by atoms with Crippen molar-refractivity contribution in [2.75, 3.05) is 0 Å². The molecule has 2 rings (SSSR count). The van der Waals surface area contributed by atoms with Crippen LogP contribution in [0.2, 0.25) is 0 Å². The van der Waals surface area contributed by atoms with Crippen molar-refractivity contribution in [3.63, 3.8) is 0 Å². The number of aromatic nitrogens is 2. The molecule has 0 aliphatic heterocycles. The lowest BCUT2D eigenvalue weighted by atomic mass is 10.1. The minimum atomic E-state index is -1.10. The van der Waals surface area contributed by atoms with Gasteiger partial charge in [0.1, 0.15) is 11.4 Å². The molecule has 2 heterocycles. The maximum absolute atomic E-state index is 10.6. The molecule has 0 aliphatic carbocycles. The highest BCUT2D eigenvalue weighted by Crippen LogP contribution is 2.17. The van der Waals surface area contributed by atoms with Crippen molar-refractivity contribution in [3.05, 3.63) is 48.0 Å². The summed E-state index contributed by atoms with van der Waals surface area (Å²) < 4.78 is 0. The molecule has 18 heavy (non-hydrogen) atoms. The third-order valence-corrected chi connectivity index (χ3v) is 2.30. The number of nitrogens with zero attached hydrogens (tertiary/aromatic N) is 2. The number of carbonyl (C=O) groups is 2. The van der Waals surface area contributed by atoms with E-state index in [2.05, 4.69) is 9.97 Å². The first kappa shape index (κ1) is 11.7. The summed E-state index contributed by atoms with van der Waals surface area (Å²) in [5, 5.41) is 17.4. The average molecular weight is 244 g/mol. The quantitative estimate of drug-likeness (QED) is 0.849. The van der Waals surface area contributed by atoms with Crippen molar-refractivity contribution in [1.29, 1.82) is 0 Å². The second-order valence-electron chi connectivity index (χ2n) is 3.47. The van der Waals surface area contributed by atoms with E-state index in [1.807, 2.05) is 0 Å². The fourth-order valence-corrected chi connectivity index (χ4v) is 1.38. The topological polar surface area (TPSA) is 100 Å². The first-order valence-electron chi connectivity index (χ1n) is 4.97. The van der Waals surface area contributed by atoms with Gasteiger partial charge in [0.15, 0.2) is 0 Å². The van der Waals surface area contributed by atoms with Gasteiger partial charge in [-0.3, -0.25) is 0 Å². The first-order chi connectivity index (χ1) is 8.58. The summed E-state index contributed by atoms with van der Waals surface area (Å²) in [6.07, 6.45) is 2.81. The first-order valence-corrected chi connectivity index (χ1v) is 4.97. The Balaban J connectivity index is 2.31. The molecule has 6 heteroatoms. The fraction of sp³-hybridized carbons (Fsp3) is 0. The number of hydrogen-bond acceptors (Lipinski definition) is 4. The van der Waals surface area contributed by atoms with Gasteiger partial charge >= 0.3 is 11.9 Å². The van der Waals surface area contributed by atoms with Gasteiger partial charge in [-0.25, -0.2) is 19.6 Å². The van der Waals surface area contributed by atoms with Crippen molar-refractivity contribution >= 4 is 11.9 Å². The van der Waals surface area contributed by atoms with Crippen LogP contribution in [0.25, 0.3) is 11.1 Å². The Morgan fingerprint density at radius 3 is 1.39 bits per heavy atom. The van der Waals surface area contributed by atoms with E-state index in [4.69, 9.17) is 10.2 Å². The number of pyridine rings is 2. The molecule has 0 bridgehead atoms. The van der Waals surface area contributed by atoms with Crippen LogP contribution in [0.5, 0.6) is 0 Å². The minimum Gasteiger partial charge on any atom is -0.477 e. The lowest BCUT2D eigenvalue weighted by molar-refractivity contribution is 0.0680. The summed E-state index contributed by atoms with van der Waals surface area (Å²) in [4.78, 5) is 28.8. The molecule has 0 amide bonds. The van der Waals surface area contributed by atoms with Crippen molar-refractivity contribution in [2.45, 2.75) is 0 Å². The summed E-state index contributed by atoms with van der Waals surface area (Å²) in [5.74, 6) is -2.19. The van der Waals surface area contributed by atoms with E-state index < -0.39 is 11.9 Å². The SMILES string of the molecule is O=C(O)c1ccc(-c2ccc(C(=O)O)nc2)cn1. The summed E-state index contributed by atoms with van der Waals surface area (Å²) in [7, 11) is 0. The maximum Gasteiger partial charge on any atom is 0.354 e. The lowest BCUT2D eigenvalue weighted by Gasteiger charge is -2.01. The summed E-state index contributed by atoms with van der Waals surface area (Å²) in [6.45, 7) is 0. The molecular weight excluding hydrogens is 236 g/mol. The molecule has 0 aromatic carbocycles. The van der Waals surface area contributed by atoms with Crippen molar-refractivity contribution in [1.82, 2.24) is 9.97 Å². The van der Waals surface area contributed by atoms with E-state index in [1.165, 1.54) is 24.5 Å². The third kappa shape index (κ3) is 2.32. The summed E-state index contributed by atoms with van der Waals surface area (Å²) in [5.41, 5.74) is 1.25. The van der Waals surface area contributed by atoms with Gasteiger partial charge in [0.2, 0.25) is 0 Å². The van der Waals surface area contributed by atoms with Crippen molar-refractivity contribution in [3.8, 4) is 11.1 Å². The second-order valence-corrected chi connectivity index (χ2v) is 3.47. The van der Waals surface area contributed by atoms with Crippen LogP contribution in [0, 0.1) is 0 Å². The molecule has 2 N–H and O–H groups in total. The number of aromatic carboxylic acids is 2. The molecule has 0 radical (unpaired) electrons. The molecule has 0 saturated carbocycles. The van der Waals surface area contributed by atoms with Crippen LogP contribution in [0.3, 0.4) is 0 Å². The highest BCUT2D eigenvalue weighted by atomic mass is 16.4. The van der Waals surface area contributed by atoms with E-state index in [1.54, 1.807) is 12.1 Å². The zero-order valence-electron chi connectivity index (χ0n) is 9.07. The zero-order valence-corrected chi connectivity index (χ0v) is 9.07. The molecule has 0 saturated heterocycles. The lowest BCUT2D eigenvalue weighted by Crippen LogP contribution is -2.00. The van der Waals surface area contributed by atoms with Crippen LogP contribution in [0.15, 0.2) is 36.7 Å². The Morgan fingerprint density at radius 1 is 0.778 bits per heavy atom. The Kier molecular flexibility index (Phi) is 3.01. The van der Waals surface area contributed by atoms with Crippen molar-refractivity contribution < 1.29 is 19.8 Å². The van der Waals surface area contributed by atoms with Gasteiger partial charge in [-0.2, -0.15) is 0 Å². The predicted octanol–water partition coefficient (Wildman–Crippen LogP) is 1.54. The van der Waals surface area contributed by atoms with E-state index in [0.717, 1.165) is 0 Å². The van der Waals surface area contributed by atoms with Gasteiger partial charge in [-0.05, 0) is 12.1 Å². The molecule has 2 aromatic heterocycles. The van der Waals surface area contributed by atoms with Crippen LogP contribution >= 0.6 is 0 Å². The number of carboxylic acids is 2. The Hall–Kier alpha value is -2.76. The molecule has 0 atom stereocenters. The van der Waals surface area contributed by atoms with E-state index >= 15 is 0 Å². The molecule has 90 valence electrons. The van der Waals surface area contributed by atoms with E-state index in [0.29, 0.717) is 11.1 Å². The van der Waals surface area contributed by atoms with Gasteiger partial charge in [-0.15, -0.1) is 0 Å². The van der Waals surface area contributed by atoms with Crippen molar-refractivity contribution in [2.24, 2.45) is 0 Å². The maximum atomic E-state index is 10.6. The summed E-state index contributed by atoms with van der Waals surface area (Å²) >= 11 is 0. The summed E-state index contributed by atoms with van der Waals surface area (Å²) in [6, 6.07) is 5.94. The molecular formula is C12H8N2O4. The van der Waals surface area contributed by atoms with Gasteiger partial charge < -0.3 is 10.2 Å². The monoisotopic (exact) mass is 244 g/mol. The van der Waals surface area contributed by atoms with Gasteiger partial charge in [-0.1, -0.05) is 12.1 Å². The largest absolute Gasteiger partial charge is 0.477 e. The fourth-order valence-electron chi connectivity index (χ4n) is 1.38. The number of rotatable bonds is 3. The predicted molar refractivity (Wildman–Crippen MR) is 61.4 cm³/mol.